The maximum absolute atomic E-state index is 12.6. The van der Waals surface area contributed by atoms with Gasteiger partial charge in [-0.1, -0.05) is 19.1 Å². The van der Waals surface area contributed by atoms with Crippen LogP contribution in [0.4, 0.5) is 0 Å². The monoisotopic (exact) mass is 377 g/mol. The molecule has 0 spiro atoms. The van der Waals surface area contributed by atoms with Crippen molar-refractivity contribution in [1.82, 2.24) is 5.32 Å². The van der Waals surface area contributed by atoms with Gasteiger partial charge in [0.1, 0.15) is 11.5 Å². The Kier molecular flexibility index (Phi) is 6.63. The van der Waals surface area contributed by atoms with E-state index in [2.05, 4.69) is 5.32 Å². The first-order valence-corrected chi connectivity index (χ1v) is 9.88. The first-order chi connectivity index (χ1) is 12.4. The molecule has 140 valence electrons. The second-order valence-corrected chi connectivity index (χ2v) is 7.80. The molecule has 0 aromatic heterocycles. The molecule has 0 aliphatic carbocycles. The fraction of sp³-hybridized carbons (Fsp3) is 0.316. The average molecular weight is 377 g/mol. The Hall–Kier alpha value is -2.54. The van der Waals surface area contributed by atoms with Crippen molar-refractivity contribution >= 4 is 15.7 Å². The maximum Gasteiger partial charge on any atom is 0.252 e. The van der Waals surface area contributed by atoms with Crippen LogP contribution in [0.15, 0.2) is 47.4 Å². The molecule has 0 aliphatic heterocycles. The lowest BCUT2D eigenvalue weighted by molar-refractivity contribution is 0.0947. The highest BCUT2D eigenvalue weighted by atomic mass is 32.2. The highest BCUT2D eigenvalue weighted by Gasteiger charge is 2.21. The Labute approximate surface area is 154 Å². The standard InChI is InChI=1S/C19H23NO5S/c1-4-9-26(22,23)18-8-6-5-7-17(18)19(21)20-13-14-10-15(24-2)12-16(11-14)25-3/h5-8,10-12H,4,9,13H2,1-3H3,(H,20,21). The van der Waals surface area contributed by atoms with E-state index in [0.717, 1.165) is 5.56 Å². The van der Waals surface area contributed by atoms with Crippen molar-refractivity contribution in [2.75, 3.05) is 20.0 Å². The Morgan fingerprint density at radius 2 is 1.65 bits per heavy atom. The molecule has 0 saturated carbocycles. The van der Waals surface area contributed by atoms with Gasteiger partial charge in [-0.25, -0.2) is 8.42 Å². The lowest BCUT2D eigenvalue weighted by Gasteiger charge is -2.12. The van der Waals surface area contributed by atoms with Gasteiger partial charge >= 0.3 is 0 Å². The van der Waals surface area contributed by atoms with Gasteiger partial charge in [0.15, 0.2) is 9.84 Å². The Balaban J connectivity index is 2.22. The van der Waals surface area contributed by atoms with Gasteiger partial charge in [0, 0.05) is 12.6 Å². The molecule has 0 unspecified atom stereocenters. The van der Waals surface area contributed by atoms with Gasteiger partial charge in [-0.2, -0.15) is 0 Å². The van der Waals surface area contributed by atoms with Crippen molar-refractivity contribution in [2.24, 2.45) is 0 Å². The van der Waals surface area contributed by atoms with E-state index in [9.17, 15) is 13.2 Å². The zero-order valence-electron chi connectivity index (χ0n) is 15.1. The molecule has 0 bridgehead atoms. The predicted molar refractivity (Wildman–Crippen MR) is 99.5 cm³/mol. The highest BCUT2D eigenvalue weighted by Crippen LogP contribution is 2.23. The summed E-state index contributed by atoms with van der Waals surface area (Å²) in [7, 11) is -0.396. The number of ether oxygens (including phenoxy) is 2. The van der Waals surface area contributed by atoms with Crippen molar-refractivity contribution in [1.29, 1.82) is 0 Å². The van der Waals surface area contributed by atoms with E-state index in [-0.39, 0.29) is 22.8 Å². The van der Waals surface area contributed by atoms with Gasteiger partial charge in [-0.15, -0.1) is 0 Å². The van der Waals surface area contributed by atoms with Gasteiger partial charge < -0.3 is 14.8 Å². The number of nitrogens with one attached hydrogen (secondary N) is 1. The molecule has 26 heavy (non-hydrogen) atoms. The normalized spacial score (nSPS) is 11.0. The number of amides is 1. The zero-order chi connectivity index (χ0) is 19.2. The molecule has 0 radical (unpaired) electrons. The van der Waals surface area contributed by atoms with E-state index >= 15 is 0 Å². The number of carbonyl (C=O) groups is 1. The van der Waals surface area contributed by atoms with Crippen molar-refractivity contribution < 1.29 is 22.7 Å². The third kappa shape index (κ3) is 4.76. The van der Waals surface area contributed by atoms with Crippen LogP contribution in [0.1, 0.15) is 29.3 Å². The zero-order valence-corrected chi connectivity index (χ0v) is 15.9. The van der Waals surface area contributed by atoms with Gasteiger partial charge in [-0.05, 0) is 36.2 Å². The highest BCUT2D eigenvalue weighted by molar-refractivity contribution is 7.91. The predicted octanol–water partition coefficient (Wildman–Crippen LogP) is 2.82. The summed E-state index contributed by atoms with van der Waals surface area (Å²) in [6, 6.07) is 11.5. The quantitative estimate of drug-likeness (QED) is 0.765. The smallest absolute Gasteiger partial charge is 0.252 e. The molecule has 0 atom stereocenters. The van der Waals surface area contributed by atoms with Crippen LogP contribution in [0.5, 0.6) is 11.5 Å². The van der Waals surface area contributed by atoms with Crippen LogP contribution in [0.2, 0.25) is 0 Å². The van der Waals surface area contributed by atoms with Gasteiger partial charge in [0.25, 0.3) is 5.91 Å². The summed E-state index contributed by atoms with van der Waals surface area (Å²) >= 11 is 0. The van der Waals surface area contributed by atoms with E-state index in [4.69, 9.17) is 9.47 Å². The van der Waals surface area contributed by atoms with Gasteiger partial charge in [-0.3, -0.25) is 4.79 Å². The Morgan fingerprint density at radius 3 is 2.23 bits per heavy atom. The second-order valence-electron chi connectivity index (χ2n) is 5.72. The summed E-state index contributed by atoms with van der Waals surface area (Å²) in [5.41, 5.74) is 0.930. The van der Waals surface area contributed by atoms with Crippen molar-refractivity contribution in [2.45, 2.75) is 24.8 Å². The van der Waals surface area contributed by atoms with Crippen LogP contribution in [0.25, 0.3) is 0 Å². The number of rotatable bonds is 8. The summed E-state index contributed by atoms with van der Waals surface area (Å²) in [5, 5.41) is 2.76. The van der Waals surface area contributed by atoms with E-state index in [0.29, 0.717) is 17.9 Å². The summed E-state index contributed by atoms with van der Waals surface area (Å²) in [6.45, 7) is 2.00. The van der Waals surface area contributed by atoms with Crippen LogP contribution in [-0.4, -0.2) is 34.3 Å². The topological polar surface area (TPSA) is 81.7 Å². The molecule has 2 aromatic carbocycles. The molecule has 0 heterocycles. The third-order valence-corrected chi connectivity index (χ3v) is 5.78. The number of benzene rings is 2. The largest absolute Gasteiger partial charge is 0.497 e. The molecule has 7 heteroatoms. The first-order valence-electron chi connectivity index (χ1n) is 8.23. The first kappa shape index (κ1) is 19.8. The molecule has 0 fully saturated rings. The van der Waals surface area contributed by atoms with Crippen LogP contribution < -0.4 is 14.8 Å². The van der Waals surface area contributed by atoms with Crippen molar-refractivity contribution in [3.8, 4) is 11.5 Å². The molecule has 1 amide bonds. The fourth-order valence-electron chi connectivity index (χ4n) is 2.55. The van der Waals surface area contributed by atoms with Gasteiger partial charge in [0.2, 0.25) is 0 Å². The van der Waals surface area contributed by atoms with Crippen molar-refractivity contribution in [3.05, 3.63) is 53.6 Å². The van der Waals surface area contributed by atoms with E-state index < -0.39 is 15.7 Å². The lowest BCUT2D eigenvalue weighted by atomic mass is 10.1. The minimum atomic E-state index is -3.49. The lowest BCUT2D eigenvalue weighted by Crippen LogP contribution is -2.25. The minimum absolute atomic E-state index is 0.00434. The van der Waals surface area contributed by atoms with E-state index in [1.54, 1.807) is 51.5 Å². The summed E-state index contributed by atoms with van der Waals surface area (Å²) in [6.07, 6.45) is 0.488. The number of sulfone groups is 1. The Morgan fingerprint density at radius 1 is 1.04 bits per heavy atom. The van der Waals surface area contributed by atoms with Crippen LogP contribution in [0, 0.1) is 0 Å². The number of hydrogen-bond donors (Lipinski definition) is 1. The molecule has 1 N–H and O–H groups in total. The molecule has 2 aromatic rings. The molecule has 0 saturated heterocycles. The number of carbonyl (C=O) groups excluding carboxylic acids is 1. The Bertz CT molecular complexity index is 855. The van der Waals surface area contributed by atoms with Crippen LogP contribution in [-0.2, 0) is 16.4 Å². The fourth-order valence-corrected chi connectivity index (χ4v) is 4.09. The van der Waals surface area contributed by atoms with E-state index in [1.807, 2.05) is 0 Å². The molecule has 2 rings (SSSR count). The van der Waals surface area contributed by atoms with Crippen LogP contribution >= 0.6 is 0 Å². The summed E-state index contributed by atoms with van der Waals surface area (Å²) in [5.74, 6) is 0.783. The second kappa shape index (κ2) is 8.71. The number of methoxy groups -OCH3 is 2. The van der Waals surface area contributed by atoms with Gasteiger partial charge in [0.05, 0.1) is 30.4 Å². The SMILES string of the molecule is CCCS(=O)(=O)c1ccccc1C(=O)NCc1cc(OC)cc(OC)c1. The van der Waals surface area contributed by atoms with Crippen LogP contribution in [0.3, 0.4) is 0 Å². The average Bonchev–Trinajstić information content (AvgIpc) is 2.65. The third-order valence-electron chi connectivity index (χ3n) is 3.80. The molecular weight excluding hydrogens is 354 g/mol. The summed E-state index contributed by atoms with van der Waals surface area (Å²) < 4.78 is 35.2. The molecule has 6 nitrogen and oxygen atoms in total. The van der Waals surface area contributed by atoms with Crippen molar-refractivity contribution in [3.63, 3.8) is 0 Å². The number of hydrogen-bond acceptors (Lipinski definition) is 5. The summed E-state index contributed by atoms with van der Waals surface area (Å²) in [4.78, 5) is 12.6. The molecular formula is C19H23NO5S. The van der Waals surface area contributed by atoms with E-state index in [1.165, 1.54) is 12.1 Å². The minimum Gasteiger partial charge on any atom is -0.497 e. The maximum atomic E-state index is 12.6. The molecule has 0 aliphatic rings.